The van der Waals surface area contributed by atoms with Gasteiger partial charge in [0.15, 0.2) is 5.78 Å². The van der Waals surface area contributed by atoms with E-state index in [2.05, 4.69) is 43.4 Å². The number of nitrogens with zero attached hydrogens (tertiary/aromatic N) is 1. The molecule has 5 nitrogen and oxygen atoms in total. The second-order valence-electron chi connectivity index (χ2n) is 9.34. The van der Waals surface area contributed by atoms with Crippen LogP contribution in [0.15, 0.2) is 72.3 Å². The Morgan fingerprint density at radius 2 is 1.78 bits per heavy atom. The van der Waals surface area contributed by atoms with Crippen LogP contribution in [0.25, 0.3) is 22.4 Å². The molecule has 0 aromatic heterocycles. The van der Waals surface area contributed by atoms with E-state index in [0.29, 0.717) is 12.0 Å². The number of hydrogen-bond donors (Lipinski definition) is 1. The molecule has 0 bridgehead atoms. The molecule has 0 radical (unpaired) electrons. The average Bonchev–Trinajstić information content (AvgIpc) is 2.76. The second kappa shape index (κ2) is 7.45. The summed E-state index contributed by atoms with van der Waals surface area (Å²) in [7, 11) is 0. The smallest absolute Gasteiger partial charge is 0.276 e. The fraction of sp³-hybridized carbons (Fsp3) is 0.222. The minimum absolute atomic E-state index is 0.0521. The first kappa shape index (κ1) is 20.2. The molecule has 1 N–H and O–H groups in total. The van der Waals surface area contributed by atoms with Crippen molar-refractivity contribution in [3.05, 3.63) is 93.6 Å². The number of carbonyl (C=O) groups is 1. The highest BCUT2D eigenvalue weighted by Crippen LogP contribution is 2.49. The molecule has 1 unspecified atom stereocenters. The van der Waals surface area contributed by atoms with Gasteiger partial charge in [-0.1, -0.05) is 62.4 Å². The van der Waals surface area contributed by atoms with Crippen molar-refractivity contribution in [2.75, 3.05) is 5.32 Å². The van der Waals surface area contributed by atoms with Crippen molar-refractivity contribution in [2.24, 2.45) is 5.41 Å². The number of ketones is 1. The lowest BCUT2D eigenvalue weighted by Crippen LogP contribution is -2.36. The zero-order valence-corrected chi connectivity index (χ0v) is 18.1. The fourth-order valence-corrected chi connectivity index (χ4v) is 5.01. The summed E-state index contributed by atoms with van der Waals surface area (Å²) in [4.78, 5) is 24.4. The van der Waals surface area contributed by atoms with Crippen molar-refractivity contribution in [1.29, 1.82) is 0 Å². The molecular formula is C27H24N2O3. The Bertz CT molecular complexity index is 1330. The van der Waals surface area contributed by atoms with Gasteiger partial charge in [-0.2, -0.15) is 0 Å². The van der Waals surface area contributed by atoms with Gasteiger partial charge >= 0.3 is 0 Å². The van der Waals surface area contributed by atoms with E-state index in [0.717, 1.165) is 39.6 Å². The van der Waals surface area contributed by atoms with Crippen LogP contribution in [0.2, 0.25) is 0 Å². The van der Waals surface area contributed by atoms with Crippen LogP contribution in [0, 0.1) is 15.5 Å². The van der Waals surface area contributed by atoms with E-state index in [1.165, 1.54) is 6.07 Å². The normalized spacial score (nSPS) is 19.6. The Kier molecular flexibility index (Phi) is 4.70. The van der Waals surface area contributed by atoms with Crippen molar-refractivity contribution in [2.45, 2.75) is 32.7 Å². The SMILES string of the molecule is CC1(C)CC(=O)C2=C(C1)c1c(ccc3ccccc13)NC2C=Cc1ccccc1[N+](=O)[O-]. The van der Waals surface area contributed by atoms with Gasteiger partial charge in [-0.15, -0.1) is 0 Å². The third-order valence-corrected chi connectivity index (χ3v) is 6.37. The summed E-state index contributed by atoms with van der Waals surface area (Å²) in [5, 5.41) is 17.2. The molecule has 3 aromatic carbocycles. The summed E-state index contributed by atoms with van der Waals surface area (Å²) in [5.74, 6) is 0.138. The lowest BCUT2D eigenvalue weighted by Gasteiger charge is -2.39. The Morgan fingerprint density at radius 3 is 2.59 bits per heavy atom. The quantitative estimate of drug-likeness (QED) is 0.390. The van der Waals surface area contributed by atoms with Crippen LogP contribution < -0.4 is 5.32 Å². The van der Waals surface area contributed by atoms with Gasteiger partial charge in [0.25, 0.3) is 5.69 Å². The molecule has 32 heavy (non-hydrogen) atoms. The first-order chi connectivity index (χ1) is 15.3. The van der Waals surface area contributed by atoms with E-state index in [1.807, 2.05) is 18.2 Å². The summed E-state index contributed by atoms with van der Waals surface area (Å²) >= 11 is 0. The van der Waals surface area contributed by atoms with Gasteiger partial charge in [0.1, 0.15) is 0 Å². The molecule has 0 fully saturated rings. The molecule has 0 spiro atoms. The van der Waals surface area contributed by atoms with E-state index in [-0.39, 0.29) is 27.9 Å². The Hall–Kier alpha value is -3.73. The molecule has 3 aromatic rings. The van der Waals surface area contributed by atoms with Crippen LogP contribution in [0.4, 0.5) is 11.4 Å². The third-order valence-electron chi connectivity index (χ3n) is 6.37. The molecule has 0 amide bonds. The topological polar surface area (TPSA) is 72.2 Å². The van der Waals surface area contributed by atoms with Crippen molar-refractivity contribution >= 4 is 39.6 Å². The van der Waals surface area contributed by atoms with E-state index in [4.69, 9.17) is 0 Å². The first-order valence-electron chi connectivity index (χ1n) is 10.8. The number of nitro benzene ring substituents is 1. The van der Waals surface area contributed by atoms with Crippen LogP contribution in [-0.2, 0) is 4.79 Å². The number of nitro groups is 1. The molecular weight excluding hydrogens is 400 g/mol. The average molecular weight is 425 g/mol. The summed E-state index contributed by atoms with van der Waals surface area (Å²) < 4.78 is 0. The van der Waals surface area contributed by atoms with Gasteiger partial charge in [0.2, 0.25) is 0 Å². The largest absolute Gasteiger partial charge is 0.374 e. The number of nitrogens with one attached hydrogen (secondary N) is 1. The number of benzene rings is 3. The fourth-order valence-electron chi connectivity index (χ4n) is 5.01. The Balaban J connectivity index is 1.67. The predicted molar refractivity (Wildman–Crippen MR) is 128 cm³/mol. The van der Waals surface area contributed by atoms with Crippen molar-refractivity contribution < 1.29 is 9.72 Å². The molecule has 1 atom stereocenters. The van der Waals surface area contributed by atoms with Crippen LogP contribution in [-0.4, -0.2) is 16.7 Å². The highest BCUT2D eigenvalue weighted by molar-refractivity contribution is 6.13. The number of Topliss-reactive ketones (excluding diaryl/α,β-unsaturated/α-hetero) is 1. The lowest BCUT2D eigenvalue weighted by atomic mass is 9.68. The summed E-state index contributed by atoms with van der Waals surface area (Å²) in [5.41, 5.74) is 4.43. The molecule has 0 saturated heterocycles. The van der Waals surface area contributed by atoms with Crippen molar-refractivity contribution in [1.82, 2.24) is 0 Å². The van der Waals surface area contributed by atoms with Gasteiger partial charge in [0.05, 0.1) is 16.5 Å². The van der Waals surface area contributed by atoms with Crippen LogP contribution in [0.3, 0.4) is 0 Å². The molecule has 160 valence electrons. The van der Waals surface area contributed by atoms with Crippen LogP contribution in [0.1, 0.15) is 37.8 Å². The summed E-state index contributed by atoms with van der Waals surface area (Å²) in [6, 6.07) is 18.7. The minimum Gasteiger partial charge on any atom is -0.374 e. The number of allylic oxidation sites excluding steroid dienone is 1. The minimum atomic E-state index is -0.381. The predicted octanol–water partition coefficient (Wildman–Crippen LogP) is 6.40. The van der Waals surface area contributed by atoms with E-state index in [1.54, 1.807) is 24.3 Å². The standard InChI is InChI=1S/C27H24N2O3/c1-27(2)15-20-25-19-9-5-3-7-17(19)11-13-21(25)28-22(26(20)24(30)16-27)14-12-18-8-4-6-10-23(18)29(31)32/h3-14,22,28H,15-16H2,1-2H3. The molecule has 1 aliphatic carbocycles. The summed E-state index contributed by atoms with van der Waals surface area (Å²) in [6.07, 6.45) is 4.93. The van der Waals surface area contributed by atoms with Crippen molar-refractivity contribution in [3.8, 4) is 0 Å². The van der Waals surface area contributed by atoms with E-state index < -0.39 is 0 Å². The Labute approximate surface area is 186 Å². The number of rotatable bonds is 3. The number of hydrogen-bond acceptors (Lipinski definition) is 4. The summed E-state index contributed by atoms with van der Waals surface area (Å²) in [6.45, 7) is 4.28. The maximum Gasteiger partial charge on any atom is 0.276 e. The van der Waals surface area contributed by atoms with Crippen LogP contribution >= 0.6 is 0 Å². The molecule has 5 rings (SSSR count). The number of anilines is 1. The van der Waals surface area contributed by atoms with E-state index >= 15 is 0 Å². The van der Waals surface area contributed by atoms with Crippen molar-refractivity contribution in [3.63, 3.8) is 0 Å². The second-order valence-corrected chi connectivity index (χ2v) is 9.34. The maximum absolute atomic E-state index is 13.3. The van der Waals surface area contributed by atoms with Gasteiger partial charge in [-0.05, 0) is 46.4 Å². The molecule has 1 aliphatic heterocycles. The van der Waals surface area contributed by atoms with Gasteiger partial charge in [-0.25, -0.2) is 0 Å². The molecule has 5 heteroatoms. The van der Waals surface area contributed by atoms with Gasteiger partial charge in [-0.3, -0.25) is 14.9 Å². The van der Waals surface area contributed by atoms with Gasteiger partial charge < -0.3 is 5.32 Å². The highest BCUT2D eigenvalue weighted by atomic mass is 16.6. The van der Waals surface area contributed by atoms with Gasteiger partial charge in [0, 0.05) is 29.3 Å². The lowest BCUT2D eigenvalue weighted by molar-refractivity contribution is -0.385. The zero-order chi connectivity index (χ0) is 22.5. The third kappa shape index (κ3) is 3.40. The number of carbonyl (C=O) groups excluding carboxylic acids is 1. The first-order valence-corrected chi connectivity index (χ1v) is 10.8. The maximum atomic E-state index is 13.3. The highest BCUT2D eigenvalue weighted by Gasteiger charge is 2.39. The number of fused-ring (bicyclic) bond motifs is 4. The molecule has 2 aliphatic rings. The molecule has 1 heterocycles. The molecule has 0 saturated carbocycles. The van der Waals surface area contributed by atoms with Crippen LogP contribution in [0.5, 0.6) is 0 Å². The van der Waals surface area contributed by atoms with E-state index in [9.17, 15) is 14.9 Å². The monoisotopic (exact) mass is 424 g/mol. The number of para-hydroxylation sites is 1. The Morgan fingerprint density at radius 1 is 1.03 bits per heavy atom. The zero-order valence-electron chi connectivity index (χ0n) is 18.1.